The van der Waals surface area contributed by atoms with Crippen LogP contribution in [0.15, 0.2) is 34.6 Å². The Hall–Kier alpha value is -3.58. The van der Waals surface area contributed by atoms with Crippen molar-refractivity contribution < 1.29 is 37.5 Å². The number of primary amides is 1. The quantitative estimate of drug-likeness (QED) is 0.349. The Morgan fingerprint density at radius 1 is 1.13 bits per heavy atom. The maximum absolute atomic E-state index is 13.5. The van der Waals surface area contributed by atoms with Crippen molar-refractivity contribution in [1.82, 2.24) is 10.2 Å². The van der Waals surface area contributed by atoms with Crippen LogP contribution in [0.5, 0.6) is 0 Å². The van der Waals surface area contributed by atoms with Gasteiger partial charge in [0.2, 0.25) is 11.8 Å². The van der Waals surface area contributed by atoms with Gasteiger partial charge in [0.05, 0.1) is 11.3 Å². The van der Waals surface area contributed by atoms with Crippen molar-refractivity contribution in [1.29, 1.82) is 0 Å². The molecule has 1 aliphatic rings. The number of ether oxygens (including phenoxy) is 1. The average Bonchev–Trinajstić information content (AvgIpc) is 3.37. The van der Waals surface area contributed by atoms with Crippen LogP contribution in [-0.2, 0) is 23.9 Å². The molecule has 1 aliphatic heterocycles. The second-order valence-corrected chi connectivity index (χ2v) is 11.2. The summed E-state index contributed by atoms with van der Waals surface area (Å²) in [5, 5.41) is 3.46. The number of carbonyl (C=O) groups is 5. The number of nitrogens with one attached hydrogen (secondary N) is 1. The molecule has 1 fully saturated rings. The van der Waals surface area contributed by atoms with Crippen LogP contribution in [-0.4, -0.2) is 52.0 Å². The Morgan fingerprint density at radius 2 is 1.84 bits per heavy atom. The highest BCUT2D eigenvalue weighted by Gasteiger charge is 2.35. The molecular formula is C25H25F2N3O6S2. The number of hydrogen-bond acceptors (Lipinski definition) is 8. The molecule has 38 heavy (non-hydrogen) atoms. The molecule has 0 saturated carbocycles. The summed E-state index contributed by atoms with van der Waals surface area (Å²) >= 11 is 1.95. The van der Waals surface area contributed by atoms with Gasteiger partial charge >= 0.3 is 5.97 Å². The number of nitrogens with two attached hydrogens (primary N) is 1. The number of rotatable bonds is 9. The fourth-order valence-corrected chi connectivity index (χ4v) is 5.11. The van der Waals surface area contributed by atoms with E-state index in [1.54, 1.807) is 32.2 Å². The molecule has 1 aromatic carbocycles. The van der Waals surface area contributed by atoms with E-state index in [0.717, 1.165) is 17.0 Å². The third-order valence-electron chi connectivity index (χ3n) is 5.05. The zero-order valence-electron chi connectivity index (χ0n) is 20.7. The Labute approximate surface area is 225 Å². The van der Waals surface area contributed by atoms with E-state index in [2.05, 4.69) is 5.32 Å². The third-order valence-corrected chi connectivity index (χ3v) is 6.84. The maximum Gasteiger partial charge on any atom is 0.308 e. The van der Waals surface area contributed by atoms with Gasteiger partial charge in [0, 0.05) is 17.8 Å². The van der Waals surface area contributed by atoms with Crippen molar-refractivity contribution >= 4 is 58.1 Å². The van der Waals surface area contributed by atoms with Gasteiger partial charge in [-0.2, -0.15) is 0 Å². The minimum absolute atomic E-state index is 0.133. The largest absolute Gasteiger partial charge is 0.460 e. The summed E-state index contributed by atoms with van der Waals surface area (Å²) in [5.74, 6) is -4.88. The van der Waals surface area contributed by atoms with Crippen molar-refractivity contribution in [2.45, 2.75) is 45.3 Å². The van der Waals surface area contributed by atoms with Crippen LogP contribution in [0, 0.1) is 11.6 Å². The van der Waals surface area contributed by atoms with Crippen LogP contribution in [0.1, 0.15) is 38.5 Å². The SMILES string of the molecule is CC(C)(C)OC(=O)C[C@H](NC(=O)CCN1C(=O)SC(=Cc2cc(-c3ccc(F)c(F)c3)cs2)C1=O)C(N)=O. The van der Waals surface area contributed by atoms with Gasteiger partial charge in [-0.05, 0) is 73.3 Å². The molecule has 13 heteroatoms. The van der Waals surface area contributed by atoms with E-state index in [1.807, 2.05) is 0 Å². The van der Waals surface area contributed by atoms with Gasteiger partial charge in [0.15, 0.2) is 11.6 Å². The lowest BCUT2D eigenvalue weighted by atomic mass is 10.1. The van der Waals surface area contributed by atoms with E-state index in [0.29, 0.717) is 27.8 Å². The minimum atomic E-state index is -1.31. The van der Waals surface area contributed by atoms with E-state index in [-0.39, 0.29) is 17.9 Å². The lowest BCUT2D eigenvalue weighted by Gasteiger charge is -2.22. The first-order valence-electron chi connectivity index (χ1n) is 11.3. The smallest absolute Gasteiger partial charge is 0.308 e. The molecule has 1 aromatic heterocycles. The third kappa shape index (κ3) is 7.71. The molecule has 0 unspecified atom stereocenters. The molecule has 9 nitrogen and oxygen atoms in total. The second-order valence-electron chi connectivity index (χ2n) is 9.26. The predicted octanol–water partition coefficient (Wildman–Crippen LogP) is 3.82. The molecule has 3 N–H and O–H groups in total. The molecule has 3 rings (SSSR count). The number of thiophene rings is 1. The lowest BCUT2D eigenvalue weighted by Crippen LogP contribution is -2.47. The van der Waals surface area contributed by atoms with Crippen molar-refractivity contribution in [2.75, 3.05) is 6.54 Å². The van der Waals surface area contributed by atoms with Gasteiger partial charge in [-0.1, -0.05) is 6.07 Å². The first-order chi connectivity index (χ1) is 17.7. The molecule has 0 aliphatic carbocycles. The highest BCUT2D eigenvalue weighted by atomic mass is 32.2. The summed E-state index contributed by atoms with van der Waals surface area (Å²) in [6, 6.07) is 3.88. The Morgan fingerprint density at radius 3 is 2.47 bits per heavy atom. The van der Waals surface area contributed by atoms with E-state index in [9.17, 15) is 32.8 Å². The number of amides is 4. The molecule has 4 amide bonds. The predicted molar refractivity (Wildman–Crippen MR) is 139 cm³/mol. The fourth-order valence-electron chi connectivity index (χ4n) is 3.33. The Bertz CT molecular complexity index is 1320. The van der Waals surface area contributed by atoms with Gasteiger partial charge in [-0.25, -0.2) is 8.78 Å². The van der Waals surface area contributed by atoms with Gasteiger partial charge in [0.1, 0.15) is 11.6 Å². The summed E-state index contributed by atoms with van der Waals surface area (Å²) in [6.45, 7) is 4.70. The molecule has 2 aromatic rings. The summed E-state index contributed by atoms with van der Waals surface area (Å²) < 4.78 is 31.9. The van der Waals surface area contributed by atoms with Gasteiger partial charge < -0.3 is 15.8 Å². The fraction of sp³-hybridized carbons (Fsp3) is 0.320. The van der Waals surface area contributed by atoms with Gasteiger partial charge in [-0.15, -0.1) is 11.3 Å². The van der Waals surface area contributed by atoms with Crippen molar-refractivity contribution in [3.63, 3.8) is 0 Å². The lowest BCUT2D eigenvalue weighted by molar-refractivity contribution is -0.156. The monoisotopic (exact) mass is 565 g/mol. The molecule has 1 saturated heterocycles. The number of imide groups is 1. The summed E-state index contributed by atoms with van der Waals surface area (Å²) in [6.07, 6.45) is 0.724. The molecule has 202 valence electrons. The number of thioether (sulfide) groups is 1. The molecular weight excluding hydrogens is 540 g/mol. The van der Waals surface area contributed by atoms with Crippen LogP contribution in [0.4, 0.5) is 13.6 Å². The Kier molecular flexibility index (Phi) is 9.05. The number of hydrogen-bond donors (Lipinski definition) is 2. The zero-order valence-corrected chi connectivity index (χ0v) is 22.3. The van der Waals surface area contributed by atoms with E-state index in [4.69, 9.17) is 10.5 Å². The van der Waals surface area contributed by atoms with Crippen molar-refractivity contribution in [3.05, 3.63) is 51.1 Å². The van der Waals surface area contributed by atoms with Crippen molar-refractivity contribution in [3.8, 4) is 11.1 Å². The minimum Gasteiger partial charge on any atom is -0.460 e. The van der Waals surface area contributed by atoms with Crippen molar-refractivity contribution in [2.24, 2.45) is 5.73 Å². The molecule has 0 spiro atoms. The maximum atomic E-state index is 13.5. The standard InChI is InChI=1S/C25H25F2N3O6S2/c1-25(2,3)36-21(32)11-18(22(28)33)29-20(31)6-7-30-23(34)19(38-24(30)35)10-15-8-14(12-37-15)13-4-5-16(26)17(27)9-13/h4-5,8-10,12,18H,6-7,11H2,1-3H3,(H2,28,33)(H,29,31)/t18-/m0/s1. The van der Waals surface area contributed by atoms with Crippen LogP contribution in [0.2, 0.25) is 0 Å². The van der Waals surface area contributed by atoms with Crippen LogP contribution < -0.4 is 11.1 Å². The normalized spacial score (nSPS) is 15.6. The molecule has 2 heterocycles. The first kappa shape index (κ1) is 29.0. The number of nitrogens with zero attached hydrogens (tertiary/aromatic N) is 1. The van der Waals surface area contributed by atoms with Crippen LogP contribution in [0.3, 0.4) is 0 Å². The van der Waals surface area contributed by atoms with E-state index < -0.39 is 58.6 Å². The second kappa shape index (κ2) is 11.9. The highest BCUT2D eigenvalue weighted by Crippen LogP contribution is 2.35. The Balaban J connectivity index is 1.59. The van der Waals surface area contributed by atoms with Crippen LogP contribution in [0.25, 0.3) is 17.2 Å². The number of benzene rings is 1. The first-order valence-corrected chi connectivity index (χ1v) is 13.0. The van der Waals surface area contributed by atoms with Crippen LogP contribution >= 0.6 is 23.1 Å². The topological polar surface area (TPSA) is 136 Å². The molecule has 1 atom stereocenters. The number of esters is 1. The van der Waals surface area contributed by atoms with Gasteiger partial charge in [-0.3, -0.25) is 28.9 Å². The molecule has 0 bridgehead atoms. The number of carbonyl (C=O) groups excluding carboxylic acids is 5. The molecule has 0 radical (unpaired) electrons. The highest BCUT2D eigenvalue weighted by molar-refractivity contribution is 8.18. The zero-order chi connectivity index (χ0) is 28.2. The summed E-state index contributed by atoms with van der Waals surface area (Å²) in [4.78, 5) is 62.8. The summed E-state index contributed by atoms with van der Waals surface area (Å²) in [5.41, 5.74) is 5.57. The van der Waals surface area contributed by atoms with E-state index in [1.165, 1.54) is 23.5 Å². The summed E-state index contributed by atoms with van der Waals surface area (Å²) in [7, 11) is 0. The number of halogens is 2. The van der Waals surface area contributed by atoms with Gasteiger partial charge in [0.25, 0.3) is 11.1 Å². The van der Waals surface area contributed by atoms with E-state index >= 15 is 0 Å². The average molecular weight is 566 g/mol.